The molecule has 5 heteroatoms. The van der Waals surface area contributed by atoms with Crippen molar-refractivity contribution in [3.8, 4) is 0 Å². The number of hydrogen-bond donors (Lipinski definition) is 1. The Morgan fingerprint density at radius 1 is 1.44 bits per heavy atom. The van der Waals surface area contributed by atoms with Gasteiger partial charge in [0.25, 0.3) is 0 Å². The van der Waals surface area contributed by atoms with Crippen LogP contribution < -0.4 is 5.73 Å². The van der Waals surface area contributed by atoms with Crippen molar-refractivity contribution < 1.29 is 0 Å². The van der Waals surface area contributed by atoms with E-state index in [9.17, 15) is 0 Å². The molecule has 0 bridgehead atoms. The lowest BCUT2D eigenvalue weighted by molar-refractivity contribution is 0.338. The van der Waals surface area contributed by atoms with Crippen LogP contribution in [0.25, 0.3) is 0 Å². The quantitative estimate of drug-likeness (QED) is 0.516. The summed E-state index contributed by atoms with van der Waals surface area (Å²) in [5, 5.41) is 3.31. The molecular formula is C13H22N4S. The van der Waals surface area contributed by atoms with E-state index in [-0.39, 0.29) is 0 Å². The van der Waals surface area contributed by atoms with Crippen molar-refractivity contribution in [2.24, 2.45) is 10.7 Å². The van der Waals surface area contributed by atoms with E-state index in [0.29, 0.717) is 0 Å². The van der Waals surface area contributed by atoms with E-state index in [0.717, 1.165) is 44.1 Å². The highest BCUT2D eigenvalue weighted by molar-refractivity contribution is 7.09. The van der Waals surface area contributed by atoms with Crippen LogP contribution in [-0.2, 0) is 6.42 Å². The monoisotopic (exact) mass is 266 g/mol. The van der Waals surface area contributed by atoms with E-state index in [4.69, 9.17) is 5.73 Å². The van der Waals surface area contributed by atoms with Gasteiger partial charge in [0.2, 0.25) is 0 Å². The molecule has 2 rings (SSSR count). The van der Waals surface area contributed by atoms with Gasteiger partial charge in [0.1, 0.15) is 0 Å². The molecule has 0 unspecified atom stereocenters. The predicted octanol–water partition coefficient (Wildman–Crippen LogP) is 2.18. The fourth-order valence-corrected chi connectivity index (χ4v) is 2.98. The third-order valence-electron chi connectivity index (χ3n) is 3.17. The molecule has 18 heavy (non-hydrogen) atoms. The van der Waals surface area contributed by atoms with Crippen LogP contribution in [0.5, 0.6) is 0 Å². The fourth-order valence-electron chi connectivity index (χ4n) is 2.16. The van der Waals surface area contributed by atoms with Gasteiger partial charge in [-0.1, -0.05) is 0 Å². The smallest absolute Gasteiger partial charge is 0.191 e. The number of thiazole rings is 1. The number of aryl methyl sites for hydroxylation is 2. The molecule has 1 aliphatic rings. The molecule has 2 N–H and O–H groups in total. The Labute approximate surface area is 113 Å². The van der Waals surface area contributed by atoms with Gasteiger partial charge in [0, 0.05) is 37.1 Å². The minimum Gasteiger partial charge on any atom is -0.370 e. The summed E-state index contributed by atoms with van der Waals surface area (Å²) in [4.78, 5) is 11.1. The zero-order valence-corrected chi connectivity index (χ0v) is 11.9. The van der Waals surface area contributed by atoms with Gasteiger partial charge >= 0.3 is 0 Å². The second-order valence-electron chi connectivity index (χ2n) is 4.77. The third kappa shape index (κ3) is 3.98. The lowest BCUT2D eigenvalue weighted by atomic mass is 10.1. The van der Waals surface area contributed by atoms with Crippen LogP contribution in [0.2, 0.25) is 0 Å². The first-order valence-corrected chi connectivity index (χ1v) is 7.59. The first-order chi connectivity index (χ1) is 8.75. The standard InChI is InChI=1S/C13H22N4S/c1-11-10-18-12(16-11)6-5-7-15-13(14)17-8-3-2-4-9-17/h10H,2-9H2,1H3,(H2,14,15). The van der Waals surface area contributed by atoms with Gasteiger partial charge in [-0.2, -0.15) is 0 Å². The van der Waals surface area contributed by atoms with Crippen LogP contribution in [0.15, 0.2) is 10.4 Å². The summed E-state index contributed by atoms with van der Waals surface area (Å²) >= 11 is 1.74. The lowest BCUT2D eigenvalue weighted by Crippen LogP contribution is -2.40. The minimum absolute atomic E-state index is 0.727. The molecule has 0 aliphatic carbocycles. The number of hydrogen-bond acceptors (Lipinski definition) is 3. The zero-order valence-electron chi connectivity index (χ0n) is 11.1. The topological polar surface area (TPSA) is 54.5 Å². The van der Waals surface area contributed by atoms with Crippen LogP contribution in [0.3, 0.4) is 0 Å². The van der Waals surface area contributed by atoms with Crippen molar-refractivity contribution in [2.45, 2.75) is 39.0 Å². The molecular weight excluding hydrogens is 244 g/mol. The van der Waals surface area contributed by atoms with E-state index >= 15 is 0 Å². The van der Waals surface area contributed by atoms with E-state index in [1.54, 1.807) is 11.3 Å². The highest BCUT2D eigenvalue weighted by Gasteiger charge is 2.11. The van der Waals surface area contributed by atoms with Crippen molar-refractivity contribution in [2.75, 3.05) is 19.6 Å². The molecule has 1 saturated heterocycles. The van der Waals surface area contributed by atoms with Gasteiger partial charge in [0.05, 0.1) is 5.01 Å². The summed E-state index contributed by atoms with van der Waals surface area (Å²) < 4.78 is 0. The van der Waals surface area contributed by atoms with Crippen LogP contribution >= 0.6 is 11.3 Å². The second-order valence-corrected chi connectivity index (χ2v) is 5.72. The summed E-state index contributed by atoms with van der Waals surface area (Å²) in [6.07, 6.45) is 5.85. The molecule has 0 atom stereocenters. The Balaban J connectivity index is 1.70. The fraction of sp³-hybridized carbons (Fsp3) is 0.692. The highest BCUT2D eigenvalue weighted by Crippen LogP contribution is 2.11. The molecule has 0 aromatic carbocycles. The Morgan fingerprint density at radius 2 is 2.22 bits per heavy atom. The Kier molecular flexibility index (Phi) is 4.99. The van der Waals surface area contributed by atoms with E-state index in [1.165, 1.54) is 24.3 Å². The summed E-state index contributed by atoms with van der Waals surface area (Å²) in [5.41, 5.74) is 7.11. The van der Waals surface area contributed by atoms with E-state index < -0.39 is 0 Å². The summed E-state index contributed by atoms with van der Waals surface area (Å²) in [7, 11) is 0. The van der Waals surface area contributed by atoms with Gasteiger partial charge in [-0.25, -0.2) is 4.98 Å². The SMILES string of the molecule is Cc1csc(CCCN=C(N)N2CCCCC2)n1. The number of nitrogens with two attached hydrogens (primary N) is 1. The minimum atomic E-state index is 0.727. The summed E-state index contributed by atoms with van der Waals surface area (Å²) in [6, 6.07) is 0. The van der Waals surface area contributed by atoms with Crippen LogP contribution in [-0.4, -0.2) is 35.5 Å². The average molecular weight is 266 g/mol. The van der Waals surface area contributed by atoms with Crippen molar-refractivity contribution in [1.29, 1.82) is 0 Å². The number of aromatic nitrogens is 1. The number of aliphatic imine (C=N–C) groups is 1. The molecule has 100 valence electrons. The number of rotatable bonds is 4. The lowest BCUT2D eigenvalue weighted by Gasteiger charge is -2.27. The van der Waals surface area contributed by atoms with E-state index in [1.807, 2.05) is 6.92 Å². The van der Waals surface area contributed by atoms with Gasteiger partial charge < -0.3 is 10.6 Å². The normalized spacial score (nSPS) is 17.2. The van der Waals surface area contributed by atoms with Crippen molar-refractivity contribution >= 4 is 17.3 Å². The number of nitrogens with zero attached hydrogens (tertiary/aromatic N) is 3. The molecule has 0 saturated carbocycles. The van der Waals surface area contributed by atoms with Crippen LogP contribution in [0.4, 0.5) is 0 Å². The Morgan fingerprint density at radius 3 is 2.89 bits per heavy atom. The maximum atomic E-state index is 5.99. The molecule has 1 aromatic heterocycles. The number of guanidine groups is 1. The highest BCUT2D eigenvalue weighted by atomic mass is 32.1. The van der Waals surface area contributed by atoms with Gasteiger partial charge in [-0.15, -0.1) is 11.3 Å². The van der Waals surface area contributed by atoms with Crippen LogP contribution in [0, 0.1) is 6.92 Å². The first-order valence-electron chi connectivity index (χ1n) is 6.71. The van der Waals surface area contributed by atoms with Gasteiger partial charge in [-0.3, -0.25) is 4.99 Å². The molecule has 0 radical (unpaired) electrons. The molecule has 1 aliphatic heterocycles. The van der Waals surface area contributed by atoms with Crippen molar-refractivity contribution in [1.82, 2.24) is 9.88 Å². The largest absolute Gasteiger partial charge is 0.370 e. The molecule has 2 heterocycles. The number of piperidine rings is 1. The average Bonchev–Trinajstić information content (AvgIpc) is 2.81. The van der Waals surface area contributed by atoms with Crippen molar-refractivity contribution in [3.63, 3.8) is 0 Å². The summed E-state index contributed by atoms with van der Waals surface area (Å²) in [5.74, 6) is 0.727. The first kappa shape index (κ1) is 13.3. The number of likely N-dealkylation sites (tertiary alicyclic amines) is 1. The third-order valence-corrected chi connectivity index (χ3v) is 4.20. The van der Waals surface area contributed by atoms with Crippen LogP contribution in [0.1, 0.15) is 36.4 Å². The Hall–Kier alpha value is -1.10. The van der Waals surface area contributed by atoms with Gasteiger partial charge in [-0.05, 0) is 32.6 Å². The summed E-state index contributed by atoms with van der Waals surface area (Å²) in [6.45, 7) is 4.98. The Bertz CT molecular complexity index is 393. The molecule has 0 amide bonds. The molecule has 0 spiro atoms. The molecule has 4 nitrogen and oxygen atoms in total. The predicted molar refractivity (Wildman–Crippen MR) is 77.1 cm³/mol. The van der Waals surface area contributed by atoms with Gasteiger partial charge in [0.15, 0.2) is 5.96 Å². The maximum absolute atomic E-state index is 5.99. The molecule has 1 fully saturated rings. The zero-order chi connectivity index (χ0) is 12.8. The van der Waals surface area contributed by atoms with E-state index in [2.05, 4.69) is 20.3 Å². The molecule has 1 aromatic rings. The second kappa shape index (κ2) is 6.73. The van der Waals surface area contributed by atoms with Crippen molar-refractivity contribution in [3.05, 3.63) is 16.1 Å². The maximum Gasteiger partial charge on any atom is 0.191 e.